The number of nitrogens with one attached hydrogen (secondary N) is 3. The highest BCUT2D eigenvalue weighted by Crippen LogP contribution is 2.29. The molecule has 0 aliphatic heterocycles. The van der Waals surface area contributed by atoms with Crippen molar-refractivity contribution in [3.05, 3.63) is 72.3 Å². The zero-order chi connectivity index (χ0) is 27.1. The molecule has 0 radical (unpaired) electrons. The van der Waals surface area contributed by atoms with Crippen LogP contribution in [-0.4, -0.2) is 47.6 Å². The first-order chi connectivity index (χ1) is 19.0. The van der Waals surface area contributed by atoms with Crippen molar-refractivity contribution >= 4 is 44.3 Å². The molecule has 2 aromatic carbocycles. The van der Waals surface area contributed by atoms with Gasteiger partial charge in [-0.2, -0.15) is 4.98 Å². The molecule has 1 saturated carbocycles. The number of hydrogen-bond acceptors (Lipinski definition) is 7. The number of benzene rings is 2. The maximum absolute atomic E-state index is 12.6. The van der Waals surface area contributed by atoms with Crippen molar-refractivity contribution in [1.82, 2.24) is 24.2 Å². The van der Waals surface area contributed by atoms with Gasteiger partial charge in [-0.05, 0) is 80.3 Å². The molecule has 0 amide bonds. The van der Waals surface area contributed by atoms with Gasteiger partial charge in [-0.3, -0.25) is 0 Å². The van der Waals surface area contributed by atoms with Gasteiger partial charge in [0.2, 0.25) is 16.0 Å². The minimum atomic E-state index is -3.53. The highest BCUT2D eigenvalue weighted by molar-refractivity contribution is 7.89. The molecule has 214 valence electrons. The van der Waals surface area contributed by atoms with Crippen LogP contribution in [0.1, 0.15) is 39.5 Å². The molecule has 1 aliphatic carbocycles. The van der Waals surface area contributed by atoms with Gasteiger partial charge in [0, 0.05) is 49.0 Å². The molecule has 1 aliphatic rings. The zero-order valence-electron chi connectivity index (χ0n) is 21.8. The van der Waals surface area contributed by atoms with E-state index in [2.05, 4.69) is 24.9 Å². The summed E-state index contributed by atoms with van der Waals surface area (Å²) in [5.41, 5.74) is 0.906. The predicted octanol–water partition coefficient (Wildman–Crippen LogP) is 5.81. The Morgan fingerprint density at radius 3 is 2.38 bits per heavy atom. The number of sulfonamides is 1. The Morgan fingerprint density at radius 1 is 0.925 bits per heavy atom. The van der Waals surface area contributed by atoms with Crippen LogP contribution in [0.2, 0.25) is 5.02 Å². The summed E-state index contributed by atoms with van der Waals surface area (Å²) in [5.74, 6) is 2.29. The second-order valence-corrected chi connectivity index (χ2v) is 12.3. The summed E-state index contributed by atoms with van der Waals surface area (Å²) in [6.45, 7) is 2.94. The maximum atomic E-state index is 12.6. The highest BCUT2D eigenvalue weighted by atomic mass is 35.5. The van der Waals surface area contributed by atoms with Crippen LogP contribution in [0.4, 0.5) is 11.8 Å². The van der Waals surface area contributed by atoms with E-state index in [0.717, 1.165) is 68.5 Å². The summed E-state index contributed by atoms with van der Waals surface area (Å²) in [6.07, 6.45) is 10.6. The van der Waals surface area contributed by atoms with Gasteiger partial charge in [-0.25, -0.2) is 23.1 Å². The third-order valence-electron chi connectivity index (χ3n) is 7.25. The molecule has 3 N–H and O–H groups in total. The van der Waals surface area contributed by atoms with Crippen molar-refractivity contribution in [3.8, 4) is 0 Å². The smallest absolute Gasteiger partial charge is 0.240 e. The standard InChI is InChI=1S/C28H34ClN7O2S.CH4/c29-23-10-12-24(13-11-23)39(37,38)33-19-22-8-6-21(7-9-22)18-32-28-34-26-5-2-1-4-25(26)27(35-28)31-14-3-16-36-17-15-30-20-36;/h1-2,4-5,10-13,15,17,20-22,33H,3,6-9,14,16,18-19H2,(H2,31,32,34,35);1H4. The van der Waals surface area contributed by atoms with Gasteiger partial charge in [-0.1, -0.05) is 31.2 Å². The maximum Gasteiger partial charge on any atom is 0.240 e. The predicted molar refractivity (Wildman–Crippen MR) is 162 cm³/mol. The second-order valence-electron chi connectivity index (χ2n) is 10.1. The van der Waals surface area contributed by atoms with Crippen LogP contribution in [0.15, 0.2) is 72.1 Å². The summed E-state index contributed by atoms with van der Waals surface area (Å²) in [7, 11) is -3.53. The quantitative estimate of drug-likeness (QED) is 0.180. The SMILES string of the molecule is C.O=S(=O)(NCC1CCC(CNc2nc(NCCCn3ccnc3)c3ccccc3n2)CC1)c1ccc(Cl)cc1. The van der Waals surface area contributed by atoms with Gasteiger partial charge >= 0.3 is 0 Å². The van der Waals surface area contributed by atoms with Crippen LogP contribution in [-0.2, 0) is 16.6 Å². The number of aromatic nitrogens is 4. The summed E-state index contributed by atoms with van der Waals surface area (Å²) in [6, 6.07) is 14.3. The Hall–Kier alpha value is -3.21. The number of nitrogens with zero attached hydrogens (tertiary/aromatic N) is 4. The van der Waals surface area contributed by atoms with Crippen LogP contribution in [0.25, 0.3) is 10.9 Å². The molecule has 0 atom stereocenters. The van der Waals surface area contributed by atoms with E-state index < -0.39 is 10.0 Å². The van der Waals surface area contributed by atoms with E-state index in [-0.39, 0.29) is 12.3 Å². The first kappa shape index (κ1) is 29.8. The second kappa shape index (κ2) is 13.9. The van der Waals surface area contributed by atoms with Gasteiger partial charge < -0.3 is 15.2 Å². The van der Waals surface area contributed by atoms with E-state index in [1.54, 1.807) is 18.3 Å². The molecule has 0 bridgehead atoms. The molecule has 1 fully saturated rings. The Labute approximate surface area is 241 Å². The van der Waals surface area contributed by atoms with E-state index in [1.807, 2.05) is 36.8 Å². The lowest BCUT2D eigenvalue weighted by atomic mass is 9.82. The number of imidazole rings is 1. The van der Waals surface area contributed by atoms with E-state index in [9.17, 15) is 8.42 Å². The average molecular weight is 584 g/mol. The summed E-state index contributed by atoms with van der Waals surface area (Å²) >= 11 is 5.88. The van der Waals surface area contributed by atoms with Crippen LogP contribution in [0.5, 0.6) is 0 Å². The normalized spacial score (nSPS) is 17.3. The van der Waals surface area contributed by atoms with E-state index in [1.165, 1.54) is 12.1 Å². The Bertz CT molecular complexity index is 1460. The van der Waals surface area contributed by atoms with E-state index in [0.29, 0.717) is 29.4 Å². The summed E-state index contributed by atoms with van der Waals surface area (Å²) in [5, 5.41) is 8.47. The molecule has 0 unspecified atom stereocenters. The largest absolute Gasteiger partial charge is 0.369 e. The van der Waals surface area contributed by atoms with Crippen molar-refractivity contribution in [1.29, 1.82) is 0 Å². The fourth-order valence-electron chi connectivity index (χ4n) is 4.98. The molecular formula is C29H38ClN7O2S. The van der Waals surface area contributed by atoms with Gasteiger partial charge in [0.05, 0.1) is 16.7 Å². The topological polar surface area (TPSA) is 114 Å². The Morgan fingerprint density at radius 2 is 1.65 bits per heavy atom. The molecule has 2 heterocycles. The van der Waals surface area contributed by atoms with Gasteiger partial charge in [-0.15, -0.1) is 0 Å². The fraction of sp³-hybridized carbons (Fsp3) is 0.414. The third-order valence-corrected chi connectivity index (χ3v) is 8.94. The van der Waals surface area contributed by atoms with Crippen molar-refractivity contribution in [2.24, 2.45) is 11.8 Å². The van der Waals surface area contributed by atoms with Crippen LogP contribution < -0.4 is 15.4 Å². The summed E-state index contributed by atoms with van der Waals surface area (Å²) < 4.78 is 30.0. The van der Waals surface area contributed by atoms with Crippen LogP contribution in [0.3, 0.4) is 0 Å². The Kier molecular flexibility index (Phi) is 10.4. The van der Waals surface area contributed by atoms with Gasteiger partial charge in [0.1, 0.15) is 5.82 Å². The van der Waals surface area contributed by atoms with E-state index >= 15 is 0 Å². The summed E-state index contributed by atoms with van der Waals surface area (Å²) in [4.78, 5) is 13.9. The molecule has 5 rings (SSSR count). The lowest BCUT2D eigenvalue weighted by Gasteiger charge is -2.28. The minimum Gasteiger partial charge on any atom is -0.369 e. The number of halogens is 1. The monoisotopic (exact) mass is 583 g/mol. The molecule has 11 heteroatoms. The van der Waals surface area contributed by atoms with Gasteiger partial charge in [0.25, 0.3) is 0 Å². The molecule has 4 aromatic rings. The zero-order valence-corrected chi connectivity index (χ0v) is 23.3. The first-order valence-corrected chi connectivity index (χ1v) is 15.3. The molecular weight excluding hydrogens is 546 g/mol. The van der Waals surface area contributed by atoms with Gasteiger partial charge in [0.15, 0.2) is 0 Å². The van der Waals surface area contributed by atoms with Crippen molar-refractivity contribution < 1.29 is 8.42 Å². The van der Waals surface area contributed by atoms with Crippen molar-refractivity contribution in [2.45, 2.75) is 51.0 Å². The van der Waals surface area contributed by atoms with E-state index in [4.69, 9.17) is 21.6 Å². The van der Waals surface area contributed by atoms with Crippen LogP contribution in [0, 0.1) is 11.8 Å². The van der Waals surface area contributed by atoms with Crippen molar-refractivity contribution in [3.63, 3.8) is 0 Å². The number of rotatable bonds is 12. The highest BCUT2D eigenvalue weighted by Gasteiger charge is 2.23. The van der Waals surface area contributed by atoms with Crippen molar-refractivity contribution in [2.75, 3.05) is 30.3 Å². The number of hydrogen-bond donors (Lipinski definition) is 3. The number of para-hydroxylation sites is 1. The average Bonchev–Trinajstić information content (AvgIpc) is 3.47. The lowest BCUT2D eigenvalue weighted by molar-refractivity contribution is 0.284. The Balaban J connectivity index is 0.00000370. The number of aryl methyl sites for hydroxylation is 1. The third kappa shape index (κ3) is 7.93. The molecule has 40 heavy (non-hydrogen) atoms. The molecule has 0 spiro atoms. The molecule has 2 aromatic heterocycles. The first-order valence-electron chi connectivity index (χ1n) is 13.4. The number of fused-ring (bicyclic) bond motifs is 1. The molecule has 9 nitrogen and oxygen atoms in total. The fourth-order valence-corrected chi connectivity index (χ4v) is 6.22. The van der Waals surface area contributed by atoms with Crippen LogP contribution >= 0.6 is 11.6 Å². The molecule has 0 saturated heterocycles. The number of anilines is 2. The lowest BCUT2D eigenvalue weighted by Crippen LogP contribution is -2.32. The minimum absolute atomic E-state index is 0.